The molecule has 2 aromatic carbocycles. The number of hydrogen-bond donors (Lipinski definition) is 0. The van der Waals surface area contributed by atoms with Gasteiger partial charge in [-0.05, 0) is 42.7 Å². The zero-order valence-corrected chi connectivity index (χ0v) is 16.9. The lowest BCUT2D eigenvalue weighted by Gasteiger charge is -2.12. The quantitative estimate of drug-likeness (QED) is 0.493. The van der Waals surface area contributed by atoms with E-state index < -0.39 is 0 Å². The zero-order valence-electron chi connectivity index (χ0n) is 16.9. The summed E-state index contributed by atoms with van der Waals surface area (Å²) in [5, 5.41) is 10.1. The Balaban J connectivity index is 1.68. The Morgan fingerprint density at radius 1 is 1.03 bits per heavy atom. The maximum absolute atomic E-state index is 13.5. The number of hydrogen-bond acceptors (Lipinski definition) is 5. The first kappa shape index (κ1) is 18.4. The van der Waals surface area contributed by atoms with Gasteiger partial charge in [0.2, 0.25) is 0 Å². The molecule has 1 fully saturated rings. The van der Waals surface area contributed by atoms with Crippen LogP contribution < -0.4 is 15.0 Å². The van der Waals surface area contributed by atoms with E-state index in [1.165, 1.54) is 4.68 Å². The summed E-state index contributed by atoms with van der Waals surface area (Å²) < 4.78 is 14.0. The van der Waals surface area contributed by atoms with Gasteiger partial charge in [-0.15, -0.1) is 0 Å². The molecule has 1 saturated carbocycles. The summed E-state index contributed by atoms with van der Waals surface area (Å²) in [5.74, 6) is 1.73. The monoisotopic (exact) mass is 402 g/mol. The second-order valence-corrected chi connectivity index (χ2v) is 7.50. The SMILES string of the molecule is COc1cc(Cn2nc(C3CC3)c3cnn(-c4ccccc4)c3c2=O)cc(OC)c1. The lowest BCUT2D eigenvalue weighted by Crippen LogP contribution is -2.26. The average Bonchev–Trinajstić information content (AvgIpc) is 3.53. The first-order chi connectivity index (χ1) is 14.7. The molecule has 5 rings (SSSR count). The van der Waals surface area contributed by atoms with Gasteiger partial charge in [0, 0.05) is 17.4 Å². The van der Waals surface area contributed by atoms with Crippen LogP contribution in [0.3, 0.4) is 0 Å². The van der Waals surface area contributed by atoms with Gasteiger partial charge in [-0.1, -0.05) is 18.2 Å². The molecule has 7 nitrogen and oxygen atoms in total. The van der Waals surface area contributed by atoms with E-state index in [1.807, 2.05) is 48.5 Å². The summed E-state index contributed by atoms with van der Waals surface area (Å²) in [4.78, 5) is 13.5. The van der Waals surface area contributed by atoms with Gasteiger partial charge in [-0.3, -0.25) is 4.79 Å². The van der Waals surface area contributed by atoms with Gasteiger partial charge < -0.3 is 9.47 Å². The van der Waals surface area contributed by atoms with Crippen molar-refractivity contribution in [2.45, 2.75) is 25.3 Å². The molecule has 7 heteroatoms. The fourth-order valence-electron chi connectivity index (χ4n) is 3.75. The van der Waals surface area contributed by atoms with Crippen LogP contribution >= 0.6 is 0 Å². The minimum atomic E-state index is -0.169. The largest absolute Gasteiger partial charge is 0.497 e. The molecule has 30 heavy (non-hydrogen) atoms. The van der Waals surface area contributed by atoms with Gasteiger partial charge in [0.15, 0.2) is 0 Å². The topological polar surface area (TPSA) is 71.2 Å². The highest BCUT2D eigenvalue weighted by Crippen LogP contribution is 2.41. The fourth-order valence-corrected chi connectivity index (χ4v) is 3.75. The van der Waals surface area contributed by atoms with E-state index in [0.717, 1.165) is 35.2 Å². The van der Waals surface area contributed by atoms with Gasteiger partial charge in [0.25, 0.3) is 5.56 Å². The first-order valence-corrected chi connectivity index (χ1v) is 9.94. The van der Waals surface area contributed by atoms with Crippen LogP contribution in [0.2, 0.25) is 0 Å². The summed E-state index contributed by atoms with van der Waals surface area (Å²) in [5.41, 5.74) is 3.08. The molecule has 2 heterocycles. The van der Waals surface area contributed by atoms with Gasteiger partial charge in [0.1, 0.15) is 17.0 Å². The van der Waals surface area contributed by atoms with Crippen molar-refractivity contribution in [3.63, 3.8) is 0 Å². The Kier molecular flexibility index (Phi) is 4.50. The third-order valence-corrected chi connectivity index (χ3v) is 5.42. The lowest BCUT2D eigenvalue weighted by molar-refractivity contribution is 0.393. The number of rotatable bonds is 6. The van der Waals surface area contributed by atoms with E-state index in [-0.39, 0.29) is 5.56 Å². The smallest absolute Gasteiger partial charge is 0.293 e. The first-order valence-electron chi connectivity index (χ1n) is 9.94. The van der Waals surface area contributed by atoms with E-state index in [0.29, 0.717) is 29.5 Å². The minimum Gasteiger partial charge on any atom is -0.497 e. The van der Waals surface area contributed by atoms with E-state index in [4.69, 9.17) is 14.6 Å². The highest BCUT2D eigenvalue weighted by molar-refractivity contribution is 5.82. The van der Waals surface area contributed by atoms with Crippen molar-refractivity contribution in [2.24, 2.45) is 0 Å². The van der Waals surface area contributed by atoms with E-state index in [9.17, 15) is 4.79 Å². The maximum Gasteiger partial charge on any atom is 0.293 e. The third-order valence-electron chi connectivity index (χ3n) is 5.42. The van der Waals surface area contributed by atoms with Crippen LogP contribution in [0.1, 0.15) is 30.0 Å². The summed E-state index contributed by atoms with van der Waals surface area (Å²) in [6.45, 7) is 0.321. The van der Waals surface area contributed by atoms with Crippen LogP contribution in [-0.4, -0.2) is 33.8 Å². The molecule has 0 amide bonds. The molecule has 0 aliphatic heterocycles. The van der Waals surface area contributed by atoms with Crippen LogP contribution in [0.5, 0.6) is 11.5 Å². The van der Waals surface area contributed by atoms with Crippen molar-refractivity contribution in [3.05, 3.63) is 76.3 Å². The molecule has 0 spiro atoms. The molecule has 0 bridgehead atoms. The summed E-state index contributed by atoms with van der Waals surface area (Å²) >= 11 is 0. The minimum absolute atomic E-state index is 0.169. The number of benzene rings is 2. The van der Waals surface area contributed by atoms with Gasteiger partial charge in [0.05, 0.1) is 38.3 Å². The van der Waals surface area contributed by atoms with Crippen LogP contribution in [-0.2, 0) is 6.54 Å². The predicted molar refractivity (Wildman–Crippen MR) is 114 cm³/mol. The van der Waals surface area contributed by atoms with Gasteiger partial charge >= 0.3 is 0 Å². The molecule has 0 atom stereocenters. The molecular weight excluding hydrogens is 380 g/mol. The Morgan fingerprint density at radius 2 is 1.73 bits per heavy atom. The van der Waals surface area contributed by atoms with Crippen LogP contribution in [0.25, 0.3) is 16.6 Å². The summed E-state index contributed by atoms with van der Waals surface area (Å²) in [6.07, 6.45) is 3.94. The lowest BCUT2D eigenvalue weighted by atomic mass is 10.1. The molecule has 1 aliphatic carbocycles. The van der Waals surface area contributed by atoms with Gasteiger partial charge in [-0.2, -0.15) is 10.2 Å². The molecule has 0 radical (unpaired) electrons. The van der Waals surface area contributed by atoms with Crippen LogP contribution in [0.15, 0.2) is 59.5 Å². The van der Waals surface area contributed by atoms with Crippen molar-refractivity contribution in [1.29, 1.82) is 0 Å². The second-order valence-electron chi connectivity index (χ2n) is 7.50. The molecule has 1 aliphatic rings. The highest BCUT2D eigenvalue weighted by Gasteiger charge is 2.30. The van der Waals surface area contributed by atoms with E-state index >= 15 is 0 Å². The molecular formula is C23H22N4O3. The van der Waals surface area contributed by atoms with Crippen molar-refractivity contribution >= 4 is 10.9 Å². The number of fused-ring (bicyclic) bond motifs is 1. The number of para-hydroxylation sites is 1. The zero-order chi connectivity index (χ0) is 20.7. The van der Waals surface area contributed by atoms with Crippen molar-refractivity contribution in [3.8, 4) is 17.2 Å². The number of nitrogens with zero attached hydrogens (tertiary/aromatic N) is 4. The summed E-state index contributed by atoms with van der Waals surface area (Å²) in [6, 6.07) is 15.3. The van der Waals surface area contributed by atoms with Crippen LogP contribution in [0, 0.1) is 0 Å². The average molecular weight is 402 g/mol. The van der Waals surface area contributed by atoms with Crippen molar-refractivity contribution in [1.82, 2.24) is 19.6 Å². The molecule has 2 aromatic heterocycles. The predicted octanol–water partition coefficient (Wildman–Crippen LogP) is 3.53. The van der Waals surface area contributed by atoms with Crippen molar-refractivity contribution < 1.29 is 9.47 Å². The number of ether oxygens (including phenoxy) is 2. The molecule has 0 saturated heterocycles. The standard InChI is InChI=1S/C23H22N4O3/c1-29-18-10-15(11-19(12-18)30-2)14-26-23(28)22-20(21(25-26)16-8-9-16)13-24-27(22)17-6-4-3-5-7-17/h3-7,10-13,16H,8-9,14H2,1-2H3. The molecule has 4 aromatic rings. The normalized spacial score (nSPS) is 13.5. The van der Waals surface area contributed by atoms with Crippen LogP contribution in [0.4, 0.5) is 0 Å². The third kappa shape index (κ3) is 3.22. The number of aromatic nitrogens is 4. The number of methoxy groups -OCH3 is 2. The van der Waals surface area contributed by atoms with Crippen molar-refractivity contribution in [2.75, 3.05) is 14.2 Å². The van der Waals surface area contributed by atoms with E-state index in [2.05, 4.69) is 5.10 Å². The summed E-state index contributed by atoms with van der Waals surface area (Å²) in [7, 11) is 3.22. The maximum atomic E-state index is 13.5. The molecule has 0 unspecified atom stereocenters. The second kappa shape index (κ2) is 7.33. The Morgan fingerprint density at radius 3 is 2.37 bits per heavy atom. The molecule has 0 N–H and O–H groups in total. The van der Waals surface area contributed by atoms with Gasteiger partial charge in [-0.25, -0.2) is 9.36 Å². The fraction of sp³-hybridized carbons (Fsp3) is 0.261. The van der Waals surface area contributed by atoms with E-state index in [1.54, 1.807) is 25.1 Å². The highest BCUT2D eigenvalue weighted by atomic mass is 16.5. The Hall–Kier alpha value is -3.61. The Labute approximate surface area is 173 Å². The Bertz CT molecular complexity index is 1250. The molecule has 152 valence electrons.